The van der Waals surface area contributed by atoms with Crippen molar-refractivity contribution in [1.29, 1.82) is 0 Å². The lowest BCUT2D eigenvalue weighted by molar-refractivity contribution is -0.332. The second kappa shape index (κ2) is 10.4. The molecule has 2 aromatic rings. The van der Waals surface area contributed by atoms with Crippen molar-refractivity contribution < 1.29 is 28.8 Å². The molecule has 3 aliphatic rings. The van der Waals surface area contributed by atoms with Gasteiger partial charge in [0, 0.05) is 30.3 Å². The van der Waals surface area contributed by atoms with Gasteiger partial charge in [0.25, 0.3) is 0 Å². The van der Waals surface area contributed by atoms with Crippen LogP contribution in [-0.4, -0.2) is 55.6 Å². The van der Waals surface area contributed by atoms with Crippen molar-refractivity contribution in [2.45, 2.75) is 76.8 Å². The first-order chi connectivity index (χ1) is 17.3. The van der Waals surface area contributed by atoms with E-state index < -0.39 is 11.9 Å². The van der Waals surface area contributed by atoms with Gasteiger partial charge in [-0.25, -0.2) is 0 Å². The topological polar surface area (TPSA) is 69.7 Å². The van der Waals surface area contributed by atoms with Crippen LogP contribution in [0.2, 0.25) is 0 Å². The zero-order valence-electron chi connectivity index (χ0n) is 21.9. The summed E-state index contributed by atoms with van der Waals surface area (Å²) in [7, 11) is 1.68. The Hall–Kier alpha value is -1.96. The molecule has 0 bridgehead atoms. The summed E-state index contributed by atoms with van der Waals surface area (Å²) in [5.74, 6) is 0.182. The fourth-order valence-corrected chi connectivity index (χ4v) is 6.00. The Labute approximate surface area is 214 Å². The molecule has 0 unspecified atom stereocenters. The summed E-state index contributed by atoms with van der Waals surface area (Å²) in [5.41, 5.74) is 2.06. The molecular weight excluding hydrogens is 456 g/mol. The standard InChI is InChI=1S/C30H40O6/c1-20-25(31)17-30(35-26(20)14-15-33-18-22-8-6-5-7-9-22)29(2,3)24(28(36-30)27-19-34-27)16-21-10-12-23(32-4)13-11-21/h5-13,20,24-28,31H,14-19H2,1-4H3/t20-,24-,25+,26-,27-,28-,30+/m1/s1. The van der Waals surface area contributed by atoms with Gasteiger partial charge in [0.15, 0.2) is 5.79 Å². The molecule has 0 aliphatic carbocycles. The van der Waals surface area contributed by atoms with Crippen LogP contribution in [0, 0.1) is 17.3 Å². The van der Waals surface area contributed by atoms with Crippen molar-refractivity contribution in [2.75, 3.05) is 20.3 Å². The number of methoxy groups -OCH3 is 1. The fraction of sp³-hybridized carbons (Fsp3) is 0.600. The first-order valence-corrected chi connectivity index (χ1v) is 13.2. The number of aliphatic hydroxyl groups is 1. The van der Waals surface area contributed by atoms with E-state index in [-0.39, 0.29) is 35.6 Å². The molecule has 3 aliphatic heterocycles. The molecule has 3 saturated heterocycles. The second-order valence-electron chi connectivity index (χ2n) is 11.2. The van der Waals surface area contributed by atoms with Crippen LogP contribution in [-0.2, 0) is 32.0 Å². The first-order valence-electron chi connectivity index (χ1n) is 13.2. The minimum Gasteiger partial charge on any atom is -0.497 e. The van der Waals surface area contributed by atoms with E-state index in [0.717, 1.165) is 17.7 Å². The van der Waals surface area contributed by atoms with Gasteiger partial charge in [-0.3, -0.25) is 0 Å². The third-order valence-electron chi connectivity index (χ3n) is 8.64. The number of hydrogen-bond acceptors (Lipinski definition) is 6. The average Bonchev–Trinajstić information content (AvgIpc) is 3.70. The van der Waals surface area contributed by atoms with Gasteiger partial charge in [0.05, 0.1) is 38.6 Å². The minimum absolute atomic E-state index is 0.00612. The van der Waals surface area contributed by atoms with Gasteiger partial charge in [0.1, 0.15) is 11.9 Å². The van der Waals surface area contributed by atoms with Crippen LogP contribution in [0.3, 0.4) is 0 Å². The van der Waals surface area contributed by atoms with E-state index in [2.05, 4.69) is 45.0 Å². The third-order valence-corrected chi connectivity index (χ3v) is 8.64. The summed E-state index contributed by atoms with van der Waals surface area (Å²) in [4.78, 5) is 0. The molecule has 3 heterocycles. The zero-order valence-corrected chi connectivity index (χ0v) is 21.9. The Morgan fingerprint density at radius 2 is 1.72 bits per heavy atom. The average molecular weight is 497 g/mol. The van der Waals surface area contributed by atoms with Crippen LogP contribution >= 0.6 is 0 Å². The molecular formula is C30H40O6. The minimum atomic E-state index is -0.864. The Morgan fingerprint density at radius 3 is 2.39 bits per heavy atom. The van der Waals surface area contributed by atoms with Crippen LogP contribution < -0.4 is 4.74 Å². The highest BCUT2D eigenvalue weighted by atomic mass is 16.7. The van der Waals surface area contributed by atoms with Crippen molar-refractivity contribution in [1.82, 2.24) is 0 Å². The molecule has 6 heteroatoms. The van der Waals surface area contributed by atoms with Crippen LogP contribution in [0.4, 0.5) is 0 Å². The van der Waals surface area contributed by atoms with Crippen molar-refractivity contribution >= 4 is 0 Å². The SMILES string of the molecule is COc1ccc(C[C@@H]2[C@H]([C@H]3CO3)O[C@@]3(C[C@H](O)[C@@H](C)[C@@H](CCOCc4ccccc4)O3)C2(C)C)cc1. The second-order valence-corrected chi connectivity index (χ2v) is 11.2. The summed E-state index contributed by atoms with van der Waals surface area (Å²) in [6, 6.07) is 18.4. The molecule has 0 aromatic heterocycles. The van der Waals surface area contributed by atoms with Gasteiger partial charge in [-0.2, -0.15) is 0 Å². The van der Waals surface area contributed by atoms with Gasteiger partial charge in [-0.1, -0.05) is 63.2 Å². The Bertz CT molecular complexity index is 988. The molecule has 0 saturated carbocycles. The highest BCUT2D eigenvalue weighted by molar-refractivity contribution is 5.28. The summed E-state index contributed by atoms with van der Waals surface area (Å²) in [5, 5.41) is 11.2. The number of hydrogen-bond donors (Lipinski definition) is 1. The van der Waals surface area contributed by atoms with Gasteiger partial charge < -0.3 is 28.8 Å². The molecule has 5 rings (SSSR count). The lowest BCUT2D eigenvalue weighted by Crippen LogP contribution is -2.57. The van der Waals surface area contributed by atoms with Gasteiger partial charge in [0.2, 0.25) is 0 Å². The fourth-order valence-electron chi connectivity index (χ4n) is 6.00. The maximum Gasteiger partial charge on any atom is 0.177 e. The number of epoxide rings is 1. The Morgan fingerprint density at radius 1 is 1.00 bits per heavy atom. The highest BCUT2D eigenvalue weighted by Gasteiger charge is 2.66. The van der Waals surface area contributed by atoms with Crippen molar-refractivity contribution in [3.8, 4) is 5.75 Å². The maximum atomic E-state index is 11.2. The van der Waals surface area contributed by atoms with Crippen molar-refractivity contribution in [2.24, 2.45) is 17.3 Å². The summed E-state index contributed by atoms with van der Waals surface area (Å²) < 4.78 is 30.7. The first kappa shape index (κ1) is 25.7. The Kier molecular flexibility index (Phi) is 7.44. The predicted octanol–water partition coefficient (Wildman–Crippen LogP) is 4.77. The zero-order chi connectivity index (χ0) is 25.3. The van der Waals surface area contributed by atoms with Crippen LogP contribution in [0.15, 0.2) is 54.6 Å². The summed E-state index contributed by atoms with van der Waals surface area (Å²) in [6.07, 6.45) is 1.38. The third kappa shape index (κ3) is 5.07. The molecule has 0 amide bonds. The molecule has 0 radical (unpaired) electrons. The molecule has 36 heavy (non-hydrogen) atoms. The van der Waals surface area contributed by atoms with E-state index in [1.54, 1.807) is 7.11 Å². The van der Waals surface area contributed by atoms with E-state index in [9.17, 15) is 5.11 Å². The highest BCUT2D eigenvalue weighted by Crippen LogP contribution is 2.59. The van der Waals surface area contributed by atoms with E-state index in [4.69, 9.17) is 23.7 Å². The summed E-state index contributed by atoms with van der Waals surface area (Å²) in [6.45, 7) is 8.38. The quantitative estimate of drug-likeness (QED) is 0.399. The Balaban J connectivity index is 1.30. The maximum absolute atomic E-state index is 11.2. The molecule has 3 fully saturated rings. The largest absolute Gasteiger partial charge is 0.497 e. The molecule has 1 N–H and O–H groups in total. The summed E-state index contributed by atoms with van der Waals surface area (Å²) >= 11 is 0. The normalized spacial score (nSPS) is 35.1. The van der Waals surface area contributed by atoms with E-state index in [0.29, 0.717) is 32.7 Å². The molecule has 7 atom stereocenters. The lowest BCUT2D eigenvalue weighted by Gasteiger charge is -2.50. The van der Waals surface area contributed by atoms with Crippen molar-refractivity contribution in [3.63, 3.8) is 0 Å². The molecule has 196 valence electrons. The van der Waals surface area contributed by atoms with E-state index >= 15 is 0 Å². The van der Waals surface area contributed by atoms with E-state index in [1.807, 2.05) is 30.3 Å². The monoisotopic (exact) mass is 496 g/mol. The number of benzene rings is 2. The van der Waals surface area contributed by atoms with Gasteiger partial charge in [-0.05, 0) is 36.1 Å². The van der Waals surface area contributed by atoms with E-state index in [1.165, 1.54) is 5.56 Å². The van der Waals surface area contributed by atoms with Gasteiger partial charge >= 0.3 is 0 Å². The van der Waals surface area contributed by atoms with Crippen LogP contribution in [0.1, 0.15) is 44.7 Å². The molecule has 6 nitrogen and oxygen atoms in total. The molecule has 2 aromatic carbocycles. The lowest BCUT2D eigenvalue weighted by atomic mass is 9.66. The van der Waals surface area contributed by atoms with Crippen molar-refractivity contribution in [3.05, 3.63) is 65.7 Å². The predicted molar refractivity (Wildman–Crippen MR) is 137 cm³/mol. The number of ether oxygens (including phenoxy) is 5. The smallest absolute Gasteiger partial charge is 0.177 e. The van der Waals surface area contributed by atoms with Crippen LogP contribution in [0.5, 0.6) is 5.75 Å². The number of rotatable bonds is 9. The molecule has 1 spiro atoms. The number of aliphatic hydroxyl groups excluding tert-OH is 1. The van der Waals surface area contributed by atoms with Crippen LogP contribution in [0.25, 0.3) is 0 Å². The van der Waals surface area contributed by atoms with Gasteiger partial charge in [-0.15, -0.1) is 0 Å².